The predicted octanol–water partition coefficient (Wildman–Crippen LogP) is 2.45. The standard InChI is InChI=1S/C16H26N2O2/c1-4-5-15(18-10-8-17-9-11-18)14-7-6-13(19-2)12-16(14)20-3/h6-7,12,15,17H,4-5,8-11H2,1-3H3/t15-/m1/s1. The summed E-state index contributed by atoms with van der Waals surface area (Å²) in [5.74, 6) is 1.78. The van der Waals surface area contributed by atoms with Gasteiger partial charge in [0, 0.05) is 43.9 Å². The van der Waals surface area contributed by atoms with Crippen LogP contribution in [0.15, 0.2) is 18.2 Å². The Balaban J connectivity index is 2.27. The van der Waals surface area contributed by atoms with Gasteiger partial charge < -0.3 is 14.8 Å². The molecule has 0 aliphatic carbocycles. The van der Waals surface area contributed by atoms with E-state index >= 15 is 0 Å². The number of piperazine rings is 1. The zero-order chi connectivity index (χ0) is 14.4. The molecule has 0 spiro atoms. The lowest BCUT2D eigenvalue weighted by molar-refractivity contribution is 0.162. The van der Waals surface area contributed by atoms with E-state index in [4.69, 9.17) is 9.47 Å². The van der Waals surface area contributed by atoms with Gasteiger partial charge in [0.1, 0.15) is 11.5 Å². The Bertz CT molecular complexity index is 417. The van der Waals surface area contributed by atoms with Gasteiger partial charge in [0.2, 0.25) is 0 Å². The summed E-state index contributed by atoms with van der Waals surface area (Å²) >= 11 is 0. The van der Waals surface area contributed by atoms with Gasteiger partial charge >= 0.3 is 0 Å². The molecule has 20 heavy (non-hydrogen) atoms. The fourth-order valence-electron chi connectivity index (χ4n) is 2.90. The third-order valence-electron chi connectivity index (χ3n) is 3.95. The van der Waals surface area contributed by atoms with Crippen LogP contribution in [0.2, 0.25) is 0 Å². The molecule has 1 N–H and O–H groups in total. The van der Waals surface area contributed by atoms with E-state index in [0.717, 1.165) is 44.1 Å². The van der Waals surface area contributed by atoms with Crippen LogP contribution < -0.4 is 14.8 Å². The number of methoxy groups -OCH3 is 2. The molecule has 1 aliphatic heterocycles. The van der Waals surface area contributed by atoms with Gasteiger partial charge in [-0.15, -0.1) is 0 Å². The van der Waals surface area contributed by atoms with Gasteiger partial charge in [-0.25, -0.2) is 0 Å². The maximum absolute atomic E-state index is 5.58. The molecule has 112 valence electrons. The Morgan fingerprint density at radius 1 is 1.20 bits per heavy atom. The predicted molar refractivity (Wildman–Crippen MR) is 81.6 cm³/mol. The van der Waals surface area contributed by atoms with Gasteiger partial charge in [0.25, 0.3) is 0 Å². The van der Waals surface area contributed by atoms with Gasteiger partial charge in [-0.1, -0.05) is 19.4 Å². The summed E-state index contributed by atoms with van der Waals surface area (Å²) in [5, 5.41) is 3.42. The fraction of sp³-hybridized carbons (Fsp3) is 0.625. The number of nitrogens with zero attached hydrogens (tertiary/aromatic N) is 1. The normalized spacial score (nSPS) is 17.8. The number of ether oxygens (including phenoxy) is 2. The molecule has 0 unspecified atom stereocenters. The van der Waals surface area contributed by atoms with Crippen LogP contribution in [-0.4, -0.2) is 45.3 Å². The molecule has 1 aromatic rings. The van der Waals surface area contributed by atoms with Crippen molar-refractivity contribution in [2.45, 2.75) is 25.8 Å². The number of hydrogen-bond acceptors (Lipinski definition) is 4. The van der Waals surface area contributed by atoms with Gasteiger partial charge in [0.05, 0.1) is 14.2 Å². The molecule has 1 saturated heterocycles. The number of benzene rings is 1. The van der Waals surface area contributed by atoms with E-state index < -0.39 is 0 Å². The molecule has 0 aromatic heterocycles. The Hall–Kier alpha value is -1.26. The van der Waals surface area contributed by atoms with Crippen molar-refractivity contribution in [1.29, 1.82) is 0 Å². The van der Waals surface area contributed by atoms with Crippen molar-refractivity contribution in [1.82, 2.24) is 10.2 Å². The van der Waals surface area contributed by atoms with Crippen molar-refractivity contribution in [3.8, 4) is 11.5 Å². The quantitative estimate of drug-likeness (QED) is 0.866. The van der Waals surface area contributed by atoms with Crippen LogP contribution in [0.25, 0.3) is 0 Å². The summed E-state index contributed by atoms with van der Waals surface area (Å²) in [4.78, 5) is 2.56. The van der Waals surface area contributed by atoms with E-state index in [2.05, 4.69) is 23.2 Å². The molecule has 0 bridgehead atoms. The van der Waals surface area contributed by atoms with Gasteiger partial charge in [0.15, 0.2) is 0 Å². The van der Waals surface area contributed by atoms with Crippen molar-refractivity contribution < 1.29 is 9.47 Å². The second kappa shape index (κ2) is 7.50. The highest BCUT2D eigenvalue weighted by Crippen LogP contribution is 2.35. The van der Waals surface area contributed by atoms with Crippen molar-refractivity contribution in [3.05, 3.63) is 23.8 Å². The zero-order valence-corrected chi connectivity index (χ0v) is 12.8. The van der Waals surface area contributed by atoms with Crippen LogP contribution in [0.4, 0.5) is 0 Å². The summed E-state index contributed by atoms with van der Waals surface area (Å²) in [7, 11) is 3.42. The summed E-state index contributed by atoms with van der Waals surface area (Å²) < 4.78 is 10.9. The maximum atomic E-state index is 5.58. The lowest BCUT2D eigenvalue weighted by Gasteiger charge is -2.35. The van der Waals surface area contributed by atoms with Crippen LogP contribution in [0, 0.1) is 0 Å². The number of nitrogens with one attached hydrogen (secondary N) is 1. The molecule has 1 aliphatic rings. The minimum atomic E-state index is 0.433. The first-order chi connectivity index (χ1) is 9.80. The monoisotopic (exact) mass is 278 g/mol. The van der Waals surface area contributed by atoms with Crippen molar-refractivity contribution >= 4 is 0 Å². The lowest BCUT2D eigenvalue weighted by atomic mass is 9.98. The fourth-order valence-corrected chi connectivity index (χ4v) is 2.90. The molecule has 2 rings (SSSR count). The molecule has 0 radical (unpaired) electrons. The first-order valence-corrected chi connectivity index (χ1v) is 7.46. The molecule has 1 fully saturated rings. The molecular weight excluding hydrogens is 252 g/mol. The Labute approximate surface area is 122 Å². The number of hydrogen-bond donors (Lipinski definition) is 1. The topological polar surface area (TPSA) is 33.7 Å². The number of rotatable bonds is 6. The lowest BCUT2D eigenvalue weighted by Crippen LogP contribution is -2.45. The first-order valence-electron chi connectivity index (χ1n) is 7.46. The Morgan fingerprint density at radius 2 is 1.95 bits per heavy atom. The van der Waals surface area contributed by atoms with E-state index in [1.165, 1.54) is 12.0 Å². The van der Waals surface area contributed by atoms with E-state index in [1.807, 2.05) is 12.1 Å². The van der Waals surface area contributed by atoms with Crippen LogP contribution in [0.5, 0.6) is 11.5 Å². The van der Waals surface area contributed by atoms with Gasteiger partial charge in [-0.2, -0.15) is 0 Å². The third kappa shape index (κ3) is 3.44. The van der Waals surface area contributed by atoms with Crippen molar-refractivity contribution in [2.75, 3.05) is 40.4 Å². The van der Waals surface area contributed by atoms with Gasteiger partial charge in [-0.05, 0) is 12.5 Å². The van der Waals surface area contributed by atoms with Gasteiger partial charge in [-0.3, -0.25) is 4.90 Å². The summed E-state index contributed by atoms with van der Waals surface area (Å²) in [5.41, 5.74) is 1.28. The van der Waals surface area contributed by atoms with E-state index in [9.17, 15) is 0 Å². The molecule has 1 atom stereocenters. The molecular formula is C16H26N2O2. The highest BCUT2D eigenvalue weighted by Gasteiger charge is 2.24. The van der Waals surface area contributed by atoms with Crippen LogP contribution >= 0.6 is 0 Å². The minimum absolute atomic E-state index is 0.433. The average molecular weight is 278 g/mol. The molecule has 1 aromatic carbocycles. The SMILES string of the molecule is CCC[C@H](c1ccc(OC)cc1OC)N1CCNCC1. The molecule has 4 nitrogen and oxygen atoms in total. The molecule has 1 heterocycles. The van der Waals surface area contributed by atoms with Crippen LogP contribution in [-0.2, 0) is 0 Å². The highest BCUT2D eigenvalue weighted by molar-refractivity contribution is 5.42. The maximum Gasteiger partial charge on any atom is 0.127 e. The summed E-state index contributed by atoms with van der Waals surface area (Å²) in [6, 6.07) is 6.60. The second-order valence-electron chi connectivity index (χ2n) is 5.20. The van der Waals surface area contributed by atoms with Crippen molar-refractivity contribution in [3.63, 3.8) is 0 Å². The highest BCUT2D eigenvalue weighted by atomic mass is 16.5. The Kier molecular flexibility index (Phi) is 5.68. The minimum Gasteiger partial charge on any atom is -0.497 e. The van der Waals surface area contributed by atoms with E-state index in [1.54, 1.807) is 14.2 Å². The van der Waals surface area contributed by atoms with E-state index in [0.29, 0.717) is 6.04 Å². The molecule has 4 heteroatoms. The average Bonchev–Trinajstić information content (AvgIpc) is 2.53. The summed E-state index contributed by atoms with van der Waals surface area (Å²) in [6.07, 6.45) is 2.33. The van der Waals surface area contributed by atoms with Crippen LogP contribution in [0.3, 0.4) is 0 Å². The molecule has 0 saturated carbocycles. The Morgan fingerprint density at radius 3 is 2.55 bits per heavy atom. The third-order valence-corrected chi connectivity index (χ3v) is 3.95. The molecule has 0 amide bonds. The summed E-state index contributed by atoms with van der Waals surface area (Å²) in [6.45, 7) is 6.57. The zero-order valence-electron chi connectivity index (χ0n) is 12.8. The largest absolute Gasteiger partial charge is 0.497 e. The van der Waals surface area contributed by atoms with E-state index in [-0.39, 0.29) is 0 Å². The van der Waals surface area contributed by atoms with Crippen LogP contribution in [0.1, 0.15) is 31.4 Å². The first kappa shape index (κ1) is 15.1. The van der Waals surface area contributed by atoms with Crippen molar-refractivity contribution in [2.24, 2.45) is 0 Å². The second-order valence-corrected chi connectivity index (χ2v) is 5.20. The smallest absolute Gasteiger partial charge is 0.127 e.